The Bertz CT molecular complexity index is 558. The van der Waals surface area contributed by atoms with Gasteiger partial charge in [0.25, 0.3) is 0 Å². The molecular formula is C15H17F3N2O3. The van der Waals surface area contributed by atoms with Crippen LogP contribution in [0.25, 0.3) is 0 Å². The molecule has 126 valence electrons. The summed E-state index contributed by atoms with van der Waals surface area (Å²) in [5.74, 6) is -0.754. The van der Waals surface area contributed by atoms with E-state index in [9.17, 15) is 22.8 Å². The second-order valence-electron chi connectivity index (χ2n) is 5.28. The molecule has 1 aliphatic rings. The van der Waals surface area contributed by atoms with Gasteiger partial charge in [0.15, 0.2) is 0 Å². The maximum absolute atomic E-state index is 12.1. The van der Waals surface area contributed by atoms with Crippen LogP contribution in [-0.4, -0.2) is 24.2 Å². The van der Waals surface area contributed by atoms with Crippen LogP contribution in [0.4, 0.5) is 13.2 Å². The monoisotopic (exact) mass is 330 g/mol. The zero-order valence-electron chi connectivity index (χ0n) is 12.3. The van der Waals surface area contributed by atoms with Crippen molar-refractivity contribution < 1.29 is 27.5 Å². The zero-order chi connectivity index (χ0) is 16.9. The first-order valence-corrected chi connectivity index (χ1v) is 7.25. The van der Waals surface area contributed by atoms with E-state index in [1.54, 1.807) is 0 Å². The van der Waals surface area contributed by atoms with Crippen LogP contribution in [-0.2, 0) is 16.1 Å². The molecular weight excluding hydrogens is 313 g/mol. The van der Waals surface area contributed by atoms with E-state index in [4.69, 9.17) is 0 Å². The minimum absolute atomic E-state index is 0.142. The Labute approximate surface area is 131 Å². The minimum atomic E-state index is -4.73. The van der Waals surface area contributed by atoms with Crippen LogP contribution < -0.4 is 15.4 Å². The summed E-state index contributed by atoms with van der Waals surface area (Å²) in [7, 11) is 0. The summed E-state index contributed by atoms with van der Waals surface area (Å²) >= 11 is 0. The Morgan fingerprint density at radius 1 is 1.26 bits per heavy atom. The summed E-state index contributed by atoms with van der Waals surface area (Å²) in [6, 6.07) is 4.68. The van der Waals surface area contributed by atoms with Gasteiger partial charge in [0.1, 0.15) is 11.8 Å². The normalized spacial score (nSPS) is 18.7. The van der Waals surface area contributed by atoms with Gasteiger partial charge >= 0.3 is 6.36 Å². The highest BCUT2D eigenvalue weighted by molar-refractivity contribution is 5.87. The molecule has 0 bridgehead atoms. The fourth-order valence-corrected chi connectivity index (χ4v) is 2.29. The van der Waals surface area contributed by atoms with E-state index in [1.165, 1.54) is 24.3 Å². The van der Waals surface area contributed by atoms with Crippen LogP contribution in [0, 0.1) is 0 Å². The zero-order valence-corrected chi connectivity index (χ0v) is 12.3. The average Bonchev–Trinajstić information content (AvgIpc) is 2.69. The fourth-order valence-electron chi connectivity index (χ4n) is 2.29. The number of carbonyl (C=O) groups excluding carboxylic acids is 2. The van der Waals surface area contributed by atoms with Gasteiger partial charge in [0.05, 0.1) is 0 Å². The standard InChI is InChI=1S/C15H17F3N2O3/c16-15(17,18)23-11-7-5-10(6-8-11)9-19-14(22)12-3-1-2-4-13(21)20-12/h5-8,12H,1-4,9H2,(H,19,22)(H,20,21). The van der Waals surface area contributed by atoms with Gasteiger partial charge in [-0.3, -0.25) is 9.59 Å². The van der Waals surface area contributed by atoms with Crippen molar-refractivity contribution in [3.05, 3.63) is 29.8 Å². The molecule has 1 fully saturated rings. The third-order valence-electron chi connectivity index (χ3n) is 3.42. The number of carbonyl (C=O) groups is 2. The molecule has 1 aromatic rings. The molecule has 1 atom stereocenters. The molecule has 1 aromatic carbocycles. The highest BCUT2D eigenvalue weighted by atomic mass is 19.4. The van der Waals surface area contributed by atoms with E-state index in [0.717, 1.165) is 12.8 Å². The number of halogens is 3. The van der Waals surface area contributed by atoms with Gasteiger partial charge < -0.3 is 15.4 Å². The summed E-state index contributed by atoms with van der Waals surface area (Å²) in [5.41, 5.74) is 0.632. The Hall–Kier alpha value is -2.25. The number of ether oxygens (including phenoxy) is 1. The molecule has 2 N–H and O–H groups in total. The fraction of sp³-hybridized carbons (Fsp3) is 0.467. The Kier molecular flexibility index (Phi) is 5.46. The number of alkyl halides is 3. The predicted molar refractivity (Wildman–Crippen MR) is 75.4 cm³/mol. The maximum Gasteiger partial charge on any atom is 0.573 e. The van der Waals surface area contributed by atoms with Crippen molar-refractivity contribution in [2.45, 2.75) is 44.6 Å². The molecule has 1 aliphatic heterocycles. The van der Waals surface area contributed by atoms with Gasteiger partial charge in [-0.2, -0.15) is 0 Å². The van der Waals surface area contributed by atoms with Crippen molar-refractivity contribution in [1.82, 2.24) is 10.6 Å². The molecule has 2 rings (SSSR count). The summed E-state index contributed by atoms with van der Waals surface area (Å²) in [6.45, 7) is 0.164. The molecule has 8 heteroatoms. The van der Waals surface area contributed by atoms with Crippen molar-refractivity contribution in [2.75, 3.05) is 0 Å². The molecule has 1 heterocycles. The lowest BCUT2D eigenvalue weighted by Crippen LogP contribution is -2.45. The molecule has 0 saturated carbocycles. The summed E-state index contributed by atoms with van der Waals surface area (Å²) in [5, 5.41) is 5.32. The van der Waals surface area contributed by atoms with Gasteiger partial charge in [-0.15, -0.1) is 13.2 Å². The largest absolute Gasteiger partial charge is 0.573 e. The number of nitrogens with one attached hydrogen (secondary N) is 2. The van der Waals surface area contributed by atoms with Gasteiger partial charge in [-0.05, 0) is 30.5 Å². The van der Waals surface area contributed by atoms with Crippen molar-refractivity contribution in [3.63, 3.8) is 0 Å². The van der Waals surface area contributed by atoms with Gasteiger partial charge in [0.2, 0.25) is 11.8 Å². The molecule has 0 spiro atoms. The number of hydrogen-bond acceptors (Lipinski definition) is 3. The van der Waals surface area contributed by atoms with Crippen LogP contribution in [0.5, 0.6) is 5.75 Å². The number of hydrogen-bond donors (Lipinski definition) is 2. The molecule has 2 amide bonds. The third-order valence-corrected chi connectivity index (χ3v) is 3.42. The first kappa shape index (κ1) is 17.1. The molecule has 0 radical (unpaired) electrons. The van der Waals surface area contributed by atoms with E-state index >= 15 is 0 Å². The Balaban J connectivity index is 1.85. The van der Waals surface area contributed by atoms with Crippen molar-refractivity contribution in [2.24, 2.45) is 0 Å². The Morgan fingerprint density at radius 2 is 1.96 bits per heavy atom. The third kappa shape index (κ3) is 5.80. The highest BCUT2D eigenvalue weighted by Gasteiger charge is 2.31. The summed E-state index contributed by atoms with van der Waals surface area (Å²) in [6.07, 6.45) is -2.18. The molecule has 1 saturated heterocycles. The Morgan fingerprint density at radius 3 is 2.61 bits per heavy atom. The van der Waals surface area contributed by atoms with Crippen molar-refractivity contribution in [3.8, 4) is 5.75 Å². The van der Waals surface area contributed by atoms with Crippen LogP contribution in [0.1, 0.15) is 31.2 Å². The maximum atomic E-state index is 12.1. The van der Waals surface area contributed by atoms with Crippen LogP contribution in [0.2, 0.25) is 0 Å². The first-order chi connectivity index (χ1) is 10.8. The van der Waals surface area contributed by atoms with Gasteiger partial charge in [-0.25, -0.2) is 0 Å². The summed E-state index contributed by atoms with van der Waals surface area (Å²) < 4.78 is 39.9. The van der Waals surface area contributed by atoms with Crippen molar-refractivity contribution >= 4 is 11.8 Å². The van der Waals surface area contributed by atoms with Crippen LogP contribution in [0.3, 0.4) is 0 Å². The van der Waals surface area contributed by atoms with E-state index in [-0.39, 0.29) is 24.1 Å². The SMILES string of the molecule is O=C1CCCCC(C(=O)NCc2ccc(OC(F)(F)F)cc2)N1. The second kappa shape index (κ2) is 7.34. The van der Waals surface area contributed by atoms with Crippen LogP contribution in [0.15, 0.2) is 24.3 Å². The molecule has 5 nitrogen and oxygen atoms in total. The van der Waals surface area contributed by atoms with Crippen molar-refractivity contribution in [1.29, 1.82) is 0 Å². The first-order valence-electron chi connectivity index (χ1n) is 7.25. The number of benzene rings is 1. The van der Waals surface area contributed by atoms with E-state index in [1.807, 2.05) is 0 Å². The second-order valence-corrected chi connectivity index (χ2v) is 5.28. The lowest BCUT2D eigenvalue weighted by molar-refractivity contribution is -0.274. The van der Waals surface area contributed by atoms with Gasteiger partial charge in [-0.1, -0.05) is 18.6 Å². The number of rotatable bonds is 4. The molecule has 0 aliphatic carbocycles. The number of amides is 2. The highest BCUT2D eigenvalue weighted by Crippen LogP contribution is 2.22. The molecule has 0 aromatic heterocycles. The van der Waals surface area contributed by atoms with Gasteiger partial charge in [0, 0.05) is 13.0 Å². The lowest BCUT2D eigenvalue weighted by Gasteiger charge is -2.15. The minimum Gasteiger partial charge on any atom is -0.406 e. The molecule has 1 unspecified atom stereocenters. The molecule has 23 heavy (non-hydrogen) atoms. The smallest absolute Gasteiger partial charge is 0.406 e. The predicted octanol–water partition coefficient (Wildman–Crippen LogP) is 2.26. The van der Waals surface area contributed by atoms with E-state index in [0.29, 0.717) is 18.4 Å². The lowest BCUT2D eigenvalue weighted by atomic mass is 10.1. The van der Waals surface area contributed by atoms with Crippen LogP contribution >= 0.6 is 0 Å². The van der Waals surface area contributed by atoms with E-state index in [2.05, 4.69) is 15.4 Å². The quantitative estimate of drug-likeness (QED) is 0.890. The topological polar surface area (TPSA) is 67.4 Å². The summed E-state index contributed by atoms with van der Waals surface area (Å²) in [4.78, 5) is 23.5. The van der Waals surface area contributed by atoms with E-state index < -0.39 is 12.4 Å². The average molecular weight is 330 g/mol.